The van der Waals surface area contributed by atoms with Gasteiger partial charge in [0.25, 0.3) is 0 Å². The summed E-state index contributed by atoms with van der Waals surface area (Å²) >= 11 is 0. The number of ketones is 1. The zero-order valence-corrected chi connectivity index (χ0v) is 26.7. The van der Waals surface area contributed by atoms with E-state index in [-0.39, 0.29) is 42.5 Å². The van der Waals surface area contributed by atoms with Crippen LogP contribution in [-0.4, -0.2) is 20.9 Å². The van der Waals surface area contributed by atoms with E-state index in [2.05, 4.69) is 53.3 Å². The predicted molar refractivity (Wildman–Crippen MR) is 159 cm³/mol. The monoisotopic (exact) mass is 702 g/mol. The smallest absolute Gasteiger partial charge is 0.164 e. The summed E-state index contributed by atoms with van der Waals surface area (Å²) < 4.78 is 0. The second-order valence-corrected chi connectivity index (χ2v) is 10.6. The molecule has 5 heteroatoms. The van der Waals surface area contributed by atoms with Gasteiger partial charge in [-0.25, -0.2) is 4.98 Å². The maximum absolute atomic E-state index is 12.2. The molecule has 0 saturated carbocycles. The van der Waals surface area contributed by atoms with Crippen LogP contribution in [-0.2, 0) is 24.9 Å². The summed E-state index contributed by atoms with van der Waals surface area (Å²) in [5.41, 5.74) is 3.58. The number of benzene rings is 3. The molecule has 1 radical (unpaired) electrons. The minimum absolute atomic E-state index is 0. The molecular weight excluding hydrogens is 661 g/mol. The van der Waals surface area contributed by atoms with Crippen LogP contribution < -0.4 is 0 Å². The van der Waals surface area contributed by atoms with Crippen molar-refractivity contribution in [1.29, 1.82) is 0 Å². The Hall–Kier alpha value is -2.88. The van der Waals surface area contributed by atoms with Crippen LogP contribution in [0.1, 0.15) is 72.8 Å². The van der Waals surface area contributed by atoms with Crippen molar-refractivity contribution in [3.8, 4) is 11.3 Å². The average molecular weight is 702 g/mol. The minimum Gasteiger partial charge on any atom is -0.512 e. The molecule has 0 amide bonds. The molecule has 3 aromatic carbocycles. The number of hydrogen-bond donors (Lipinski definition) is 1. The number of aromatic nitrogens is 2. The predicted octanol–water partition coefficient (Wildman–Crippen LogP) is 9.21. The van der Waals surface area contributed by atoms with Gasteiger partial charge in [0.05, 0.1) is 5.52 Å². The molecule has 1 N–H and O–H groups in total. The van der Waals surface area contributed by atoms with Gasteiger partial charge in [0.15, 0.2) is 5.78 Å². The fourth-order valence-electron chi connectivity index (χ4n) is 4.51. The Bertz CT molecular complexity index is 1420. The molecular formula is C34H41IrN2O2-. The van der Waals surface area contributed by atoms with Crippen molar-refractivity contribution in [2.75, 3.05) is 0 Å². The summed E-state index contributed by atoms with van der Waals surface area (Å²) in [5.74, 6) is 0.286. The molecule has 0 saturated heterocycles. The van der Waals surface area contributed by atoms with Gasteiger partial charge >= 0.3 is 0 Å². The van der Waals surface area contributed by atoms with Crippen LogP contribution in [0.2, 0.25) is 0 Å². The molecule has 4 rings (SSSR count). The van der Waals surface area contributed by atoms with Crippen molar-refractivity contribution in [1.82, 2.24) is 9.97 Å². The Morgan fingerprint density at radius 2 is 1.46 bits per heavy atom. The molecule has 209 valence electrons. The molecule has 39 heavy (non-hydrogen) atoms. The fraction of sp³-hybridized carbons (Fsp3) is 0.382. The van der Waals surface area contributed by atoms with E-state index >= 15 is 0 Å². The van der Waals surface area contributed by atoms with Gasteiger partial charge in [-0.05, 0) is 54.6 Å². The summed E-state index contributed by atoms with van der Waals surface area (Å²) in [4.78, 5) is 21.2. The Balaban J connectivity index is 0.000000275. The van der Waals surface area contributed by atoms with Crippen LogP contribution in [0.3, 0.4) is 0 Å². The number of aliphatic hydroxyl groups excluding tert-OH is 1. The topological polar surface area (TPSA) is 63.1 Å². The van der Waals surface area contributed by atoms with Gasteiger partial charge in [-0.1, -0.05) is 71.9 Å². The van der Waals surface area contributed by atoms with Crippen LogP contribution in [0.15, 0.2) is 72.8 Å². The Labute approximate surface area is 247 Å². The van der Waals surface area contributed by atoms with E-state index in [0.29, 0.717) is 0 Å². The number of aliphatic hydroxyl groups is 1. The molecule has 4 nitrogen and oxygen atoms in total. The van der Waals surface area contributed by atoms with Crippen molar-refractivity contribution >= 4 is 27.5 Å². The summed E-state index contributed by atoms with van der Waals surface area (Å²) in [7, 11) is 0. The van der Waals surface area contributed by atoms with E-state index in [4.69, 9.17) is 0 Å². The van der Waals surface area contributed by atoms with Crippen LogP contribution in [0, 0.1) is 23.8 Å². The van der Waals surface area contributed by atoms with Gasteiger partial charge < -0.3 is 5.11 Å². The second kappa shape index (κ2) is 14.0. The molecule has 0 aliphatic heterocycles. The van der Waals surface area contributed by atoms with Gasteiger partial charge in [0.2, 0.25) is 0 Å². The molecule has 0 aliphatic rings. The number of aryl methyl sites for hydroxylation is 1. The molecule has 4 aromatic rings. The molecule has 0 bridgehead atoms. The van der Waals surface area contributed by atoms with Crippen LogP contribution in [0.25, 0.3) is 32.9 Å². The quantitative estimate of drug-likeness (QED) is 0.0862. The van der Waals surface area contributed by atoms with Gasteiger partial charge in [-0.2, -0.15) is 0 Å². The molecule has 1 heterocycles. The number of allylic oxidation sites excluding steroid dienone is 2. The Morgan fingerprint density at radius 3 is 2.03 bits per heavy atom. The third-order valence-corrected chi connectivity index (χ3v) is 8.42. The number of fused-ring (bicyclic) bond motifs is 3. The number of carbonyl (C=O) groups is 1. The number of rotatable bonds is 8. The zero-order valence-electron chi connectivity index (χ0n) is 24.3. The summed E-state index contributed by atoms with van der Waals surface area (Å²) in [6.07, 6.45) is 6.39. The SMILES string of the molecule is CCC(C)(CC)C(=O)/C=C(\O)C(C)(CC)CC.Cc1cc2c(-c3[c-]cccc3)ncnc2c2ccccc12.[Ir]. The maximum atomic E-state index is 12.2. The van der Waals surface area contributed by atoms with E-state index in [0.717, 1.165) is 47.8 Å². The first-order valence-electron chi connectivity index (χ1n) is 13.7. The second-order valence-electron chi connectivity index (χ2n) is 10.6. The van der Waals surface area contributed by atoms with Gasteiger partial charge in [0, 0.05) is 42.4 Å². The van der Waals surface area contributed by atoms with E-state index in [1.54, 1.807) is 6.33 Å². The van der Waals surface area contributed by atoms with Gasteiger partial charge in [0.1, 0.15) is 12.1 Å². The van der Waals surface area contributed by atoms with Gasteiger partial charge in [-0.3, -0.25) is 9.78 Å². The molecule has 0 aliphatic carbocycles. The fourth-order valence-corrected chi connectivity index (χ4v) is 4.51. The van der Waals surface area contributed by atoms with Crippen molar-refractivity contribution in [2.45, 2.75) is 74.1 Å². The summed E-state index contributed by atoms with van der Waals surface area (Å²) in [6, 6.07) is 21.7. The molecule has 0 atom stereocenters. The standard InChI is InChI=1S/C19H13N2.C15H28O2.Ir/c1-13-11-17-18(14-7-3-2-4-8-14)20-12-21-19(17)16-10-6-5-9-15(13)16;1-7-14(5,8-2)12(16)11-13(17)15(6,9-3)10-4;/h2-7,9-12H,1H3;11,16H,7-10H2,1-6H3;/q-1;;/b;12-11-;. The summed E-state index contributed by atoms with van der Waals surface area (Å²) in [5, 5.41) is 13.6. The number of carbonyl (C=O) groups excluding carboxylic acids is 1. The molecule has 0 fully saturated rings. The van der Waals surface area contributed by atoms with Crippen molar-refractivity contribution in [3.05, 3.63) is 84.4 Å². The molecule has 0 spiro atoms. The molecule has 0 unspecified atom stereocenters. The third kappa shape index (κ3) is 7.01. The van der Waals surface area contributed by atoms with Crippen molar-refractivity contribution < 1.29 is 30.0 Å². The maximum Gasteiger partial charge on any atom is 0.164 e. The van der Waals surface area contributed by atoms with E-state index in [1.807, 2.05) is 65.8 Å². The van der Waals surface area contributed by atoms with E-state index < -0.39 is 0 Å². The first-order valence-corrected chi connectivity index (χ1v) is 13.7. The first kappa shape index (κ1) is 32.3. The average Bonchev–Trinajstić information content (AvgIpc) is 2.96. The number of hydrogen-bond acceptors (Lipinski definition) is 4. The largest absolute Gasteiger partial charge is 0.512 e. The van der Waals surface area contributed by atoms with Crippen molar-refractivity contribution in [2.24, 2.45) is 10.8 Å². The van der Waals surface area contributed by atoms with E-state index in [1.165, 1.54) is 22.4 Å². The van der Waals surface area contributed by atoms with Crippen LogP contribution in [0.5, 0.6) is 0 Å². The number of nitrogens with zero attached hydrogens (tertiary/aromatic N) is 2. The molecule has 1 aromatic heterocycles. The van der Waals surface area contributed by atoms with E-state index in [9.17, 15) is 9.90 Å². The zero-order chi connectivity index (χ0) is 27.9. The van der Waals surface area contributed by atoms with Crippen LogP contribution >= 0.6 is 0 Å². The minimum atomic E-state index is -0.337. The van der Waals surface area contributed by atoms with Crippen LogP contribution in [0.4, 0.5) is 0 Å². The Kier molecular flexibility index (Phi) is 11.6. The summed E-state index contributed by atoms with van der Waals surface area (Å²) in [6.45, 7) is 14.2. The first-order chi connectivity index (χ1) is 18.1. The Morgan fingerprint density at radius 1 is 0.872 bits per heavy atom. The van der Waals surface area contributed by atoms with Crippen molar-refractivity contribution in [3.63, 3.8) is 0 Å². The third-order valence-electron chi connectivity index (χ3n) is 8.42. The normalized spacial score (nSPS) is 12.0. The van der Waals surface area contributed by atoms with Gasteiger partial charge in [-0.15, -0.1) is 35.9 Å².